The number of allylic oxidation sites excluding steroid dienone is 2. The molecule has 0 radical (unpaired) electrons. The van der Waals surface area contributed by atoms with Crippen LogP contribution in [0.1, 0.15) is 39.0 Å². The molecule has 1 nitrogen and oxygen atoms in total. The third-order valence-corrected chi connectivity index (χ3v) is 2.61. The number of aliphatic hydroxyl groups excluding tert-OH is 1. The van der Waals surface area contributed by atoms with Gasteiger partial charge in [0.15, 0.2) is 0 Å². The van der Waals surface area contributed by atoms with E-state index in [9.17, 15) is 0 Å². The van der Waals surface area contributed by atoms with E-state index in [1.807, 2.05) is 0 Å². The molecule has 1 atom stereocenters. The second-order valence-electron chi connectivity index (χ2n) is 3.87. The second-order valence-corrected chi connectivity index (χ2v) is 3.87. The lowest BCUT2D eigenvalue weighted by atomic mass is 9.80. The van der Waals surface area contributed by atoms with E-state index in [-0.39, 0.29) is 5.41 Å². The van der Waals surface area contributed by atoms with Crippen molar-refractivity contribution in [2.75, 3.05) is 6.61 Å². The van der Waals surface area contributed by atoms with Crippen molar-refractivity contribution in [2.24, 2.45) is 5.41 Å². The molecule has 0 fully saturated rings. The van der Waals surface area contributed by atoms with Crippen LogP contribution in [-0.2, 0) is 0 Å². The predicted molar refractivity (Wildman–Crippen MR) is 47.4 cm³/mol. The van der Waals surface area contributed by atoms with Crippen LogP contribution in [-0.4, -0.2) is 11.7 Å². The first-order valence-corrected chi connectivity index (χ1v) is 4.53. The van der Waals surface area contributed by atoms with E-state index in [0.29, 0.717) is 6.61 Å². The van der Waals surface area contributed by atoms with Crippen molar-refractivity contribution in [2.45, 2.75) is 39.0 Å². The van der Waals surface area contributed by atoms with E-state index < -0.39 is 0 Å². The van der Waals surface area contributed by atoms with Crippen molar-refractivity contribution in [3.05, 3.63) is 12.2 Å². The highest BCUT2D eigenvalue weighted by Crippen LogP contribution is 2.30. The fraction of sp³-hybridized carbons (Fsp3) is 0.800. The van der Waals surface area contributed by atoms with Gasteiger partial charge in [0.1, 0.15) is 0 Å². The Morgan fingerprint density at radius 2 is 2.00 bits per heavy atom. The molecular weight excluding hydrogens is 136 g/mol. The van der Waals surface area contributed by atoms with E-state index in [4.69, 9.17) is 5.11 Å². The summed E-state index contributed by atoms with van der Waals surface area (Å²) in [7, 11) is 0. The van der Waals surface area contributed by atoms with Crippen molar-refractivity contribution in [3.8, 4) is 0 Å². The molecule has 0 bridgehead atoms. The fourth-order valence-corrected chi connectivity index (χ4v) is 1.60. The Balaban J connectivity index is 2.47. The van der Waals surface area contributed by atoms with Crippen LogP contribution in [0.25, 0.3) is 0 Å². The molecular formula is C10H18O. The molecule has 0 amide bonds. The van der Waals surface area contributed by atoms with Crippen LogP contribution >= 0.6 is 0 Å². The number of hydrogen-bond acceptors (Lipinski definition) is 1. The lowest BCUT2D eigenvalue weighted by molar-refractivity contribution is 0.121. The molecule has 11 heavy (non-hydrogen) atoms. The highest BCUT2D eigenvalue weighted by atomic mass is 16.3. The minimum Gasteiger partial charge on any atom is -0.396 e. The normalized spacial score (nSPS) is 35.8. The Morgan fingerprint density at radius 3 is 2.73 bits per heavy atom. The minimum atomic E-state index is 0.199. The largest absolute Gasteiger partial charge is 0.396 e. The summed E-state index contributed by atoms with van der Waals surface area (Å²) in [5.41, 5.74) is 0.199. The van der Waals surface area contributed by atoms with Crippen molar-refractivity contribution in [1.82, 2.24) is 0 Å². The van der Waals surface area contributed by atoms with E-state index in [1.165, 1.54) is 19.3 Å². The standard InChI is InChI=1S/C10H18O/c1-10(9-11)7-5-3-2-4-6-8-10/h2-3,11H,4-9H2,1H3/b3-2-. The van der Waals surface area contributed by atoms with Gasteiger partial charge in [-0.25, -0.2) is 0 Å². The molecule has 0 aromatic carbocycles. The SMILES string of the molecule is CC1(CO)CC/C=C\CCC1. The highest BCUT2D eigenvalue weighted by molar-refractivity contribution is 4.88. The number of hydrogen-bond donors (Lipinski definition) is 1. The van der Waals surface area contributed by atoms with Gasteiger partial charge in [-0.2, -0.15) is 0 Å². The van der Waals surface area contributed by atoms with Gasteiger partial charge in [0.2, 0.25) is 0 Å². The molecule has 1 rings (SSSR count). The highest BCUT2D eigenvalue weighted by Gasteiger charge is 2.22. The molecule has 1 aliphatic rings. The van der Waals surface area contributed by atoms with Crippen molar-refractivity contribution in [3.63, 3.8) is 0 Å². The van der Waals surface area contributed by atoms with Crippen LogP contribution in [0.2, 0.25) is 0 Å². The maximum Gasteiger partial charge on any atom is 0.0484 e. The summed E-state index contributed by atoms with van der Waals surface area (Å²) in [5.74, 6) is 0. The van der Waals surface area contributed by atoms with Gasteiger partial charge >= 0.3 is 0 Å². The van der Waals surface area contributed by atoms with Crippen molar-refractivity contribution < 1.29 is 5.11 Å². The van der Waals surface area contributed by atoms with E-state index in [1.54, 1.807) is 0 Å². The summed E-state index contributed by atoms with van der Waals surface area (Å²) in [6.07, 6.45) is 10.4. The van der Waals surface area contributed by atoms with Gasteiger partial charge in [0, 0.05) is 6.61 Å². The molecule has 64 valence electrons. The van der Waals surface area contributed by atoms with Crippen LogP contribution in [0, 0.1) is 5.41 Å². The molecule has 0 aromatic rings. The third-order valence-electron chi connectivity index (χ3n) is 2.61. The van der Waals surface area contributed by atoms with Gasteiger partial charge < -0.3 is 5.11 Å². The summed E-state index contributed by atoms with van der Waals surface area (Å²) >= 11 is 0. The van der Waals surface area contributed by atoms with E-state index in [0.717, 1.165) is 12.8 Å². The predicted octanol–water partition coefficient (Wildman–Crippen LogP) is 2.51. The molecule has 1 N–H and O–H groups in total. The smallest absolute Gasteiger partial charge is 0.0484 e. The molecule has 0 aromatic heterocycles. The van der Waals surface area contributed by atoms with Crippen molar-refractivity contribution >= 4 is 0 Å². The zero-order valence-corrected chi connectivity index (χ0v) is 7.34. The Bertz CT molecular complexity index is 140. The first-order chi connectivity index (χ1) is 5.27. The van der Waals surface area contributed by atoms with Gasteiger partial charge in [0.05, 0.1) is 0 Å². The minimum absolute atomic E-state index is 0.199. The summed E-state index contributed by atoms with van der Waals surface area (Å²) in [5, 5.41) is 9.14. The molecule has 0 saturated carbocycles. The monoisotopic (exact) mass is 154 g/mol. The van der Waals surface area contributed by atoms with Crippen LogP contribution in [0.4, 0.5) is 0 Å². The topological polar surface area (TPSA) is 20.2 Å². The van der Waals surface area contributed by atoms with Gasteiger partial charge in [-0.15, -0.1) is 0 Å². The Hall–Kier alpha value is -0.300. The summed E-state index contributed by atoms with van der Waals surface area (Å²) in [4.78, 5) is 0. The quantitative estimate of drug-likeness (QED) is 0.575. The number of aliphatic hydroxyl groups is 1. The third kappa shape index (κ3) is 2.66. The van der Waals surface area contributed by atoms with Crippen LogP contribution < -0.4 is 0 Å². The van der Waals surface area contributed by atoms with E-state index >= 15 is 0 Å². The summed E-state index contributed by atoms with van der Waals surface area (Å²) in [6.45, 7) is 2.53. The molecule has 0 aliphatic heterocycles. The van der Waals surface area contributed by atoms with Gasteiger partial charge in [-0.1, -0.05) is 19.1 Å². The average Bonchev–Trinajstić information content (AvgIpc) is 1.98. The molecule has 0 saturated heterocycles. The summed E-state index contributed by atoms with van der Waals surface area (Å²) in [6, 6.07) is 0. The maximum atomic E-state index is 9.14. The lowest BCUT2D eigenvalue weighted by Crippen LogP contribution is -2.21. The fourth-order valence-electron chi connectivity index (χ4n) is 1.60. The van der Waals surface area contributed by atoms with Crippen LogP contribution in [0.3, 0.4) is 0 Å². The summed E-state index contributed by atoms with van der Waals surface area (Å²) < 4.78 is 0. The molecule has 0 spiro atoms. The van der Waals surface area contributed by atoms with Gasteiger partial charge in [-0.3, -0.25) is 0 Å². The molecule has 1 unspecified atom stereocenters. The Labute approximate surface area is 69.1 Å². The molecule has 0 heterocycles. The van der Waals surface area contributed by atoms with Crippen LogP contribution in [0.5, 0.6) is 0 Å². The first-order valence-electron chi connectivity index (χ1n) is 4.53. The van der Waals surface area contributed by atoms with Gasteiger partial charge in [0.25, 0.3) is 0 Å². The van der Waals surface area contributed by atoms with E-state index in [2.05, 4.69) is 19.1 Å². The van der Waals surface area contributed by atoms with Crippen molar-refractivity contribution in [1.29, 1.82) is 0 Å². The van der Waals surface area contributed by atoms with Crippen LogP contribution in [0.15, 0.2) is 12.2 Å². The number of rotatable bonds is 1. The maximum absolute atomic E-state index is 9.14. The zero-order chi connectivity index (χ0) is 8.16. The lowest BCUT2D eigenvalue weighted by Gasteiger charge is -2.27. The second kappa shape index (κ2) is 3.91. The molecule has 1 heteroatoms. The average molecular weight is 154 g/mol. The first kappa shape index (κ1) is 8.79. The van der Waals surface area contributed by atoms with Gasteiger partial charge in [-0.05, 0) is 37.5 Å². The Morgan fingerprint density at radius 1 is 1.27 bits per heavy atom. The Kier molecular flexibility index (Phi) is 3.13. The zero-order valence-electron chi connectivity index (χ0n) is 7.34. The molecule has 1 aliphatic carbocycles.